The van der Waals surface area contributed by atoms with E-state index in [2.05, 4.69) is 40.0 Å². The van der Waals surface area contributed by atoms with Crippen molar-refractivity contribution >= 4 is 32.9 Å². The number of thiazole rings is 1. The molecule has 2 aromatic heterocycles. The second kappa shape index (κ2) is 3.19. The molecule has 0 spiro atoms. The van der Waals surface area contributed by atoms with Crippen molar-refractivity contribution in [3.05, 3.63) is 41.1 Å². The van der Waals surface area contributed by atoms with Gasteiger partial charge >= 0.3 is 0 Å². The van der Waals surface area contributed by atoms with Gasteiger partial charge in [0.25, 0.3) is 0 Å². The Labute approximate surface area is 89.7 Å². The van der Waals surface area contributed by atoms with Crippen molar-refractivity contribution in [2.75, 3.05) is 0 Å². The number of hydrogen-bond donors (Lipinski definition) is 0. The van der Waals surface area contributed by atoms with Crippen LogP contribution in [0, 0.1) is 0 Å². The Bertz CT molecular complexity index is 518. The Balaban J connectivity index is 2.24. The summed E-state index contributed by atoms with van der Waals surface area (Å²) in [4.78, 5) is 4.58. The van der Waals surface area contributed by atoms with Crippen LogP contribution in [0.4, 0.5) is 0 Å². The molecule has 2 heterocycles. The quantitative estimate of drug-likeness (QED) is 0.600. The maximum absolute atomic E-state index is 4.58. The Kier molecular flexibility index (Phi) is 1.85. The van der Waals surface area contributed by atoms with Crippen molar-refractivity contribution < 1.29 is 0 Å². The molecule has 0 aliphatic rings. The molecule has 0 unspecified atom stereocenters. The second-order valence-electron chi connectivity index (χ2n) is 3.00. The molecular weight excluding hydrogens is 210 g/mol. The largest absolute Gasteiger partial charge is 0.236 e. The second-order valence-corrected chi connectivity index (χ2v) is 4.81. The summed E-state index contributed by atoms with van der Waals surface area (Å²) < 4.78 is 1.26. The number of thiophene rings is 1. The van der Waals surface area contributed by atoms with Crippen molar-refractivity contribution in [1.82, 2.24) is 4.98 Å². The summed E-state index contributed by atoms with van der Waals surface area (Å²) >= 11 is 3.46. The van der Waals surface area contributed by atoms with Gasteiger partial charge in [-0.3, -0.25) is 0 Å². The van der Waals surface area contributed by atoms with Gasteiger partial charge in [0.05, 0.1) is 10.2 Å². The molecule has 3 rings (SSSR count). The number of aromatic nitrogens is 1. The molecule has 0 saturated heterocycles. The van der Waals surface area contributed by atoms with Crippen LogP contribution in [0.1, 0.15) is 0 Å². The fourth-order valence-corrected chi connectivity index (χ4v) is 3.06. The van der Waals surface area contributed by atoms with E-state index >= 15 is 0 Å². The number of rotatable bonds is 1. The van der Waals surface area contributed by atoms with Gasteiger partial charge in [0.2, 0.25) is 0 Å². The van der Waals surface area contributed by atoms with E-state index in [1.165, 1.54) is 10.3 Å². The molecule has 0 radical (unpaired) electrons. The van der Waals surface area contributed by atoms with Crippen LogP contribution in [0.15, 0.2) is 41.1 Å². The molecule has 1 nitrogen and oxygen atoms in total. The van der Waals surface area contributed by atoms with E-state index in [1.54, 1.807) is 22.7 Å². The number of fused-ring (bicyclic) bond motifs is 1. The third-order valence-electron chi connectivity index (χ3n) is 2.06. The van der Waals surface area contributed by atoms with E-state index in [9.17, 15) is 0 Å². The predicted molar refractivity (Wildman–Crippen MR) is 62.9 cm³/mol. The molecule has 68 valence electrons. The van der Waals surface area contributed by atoms with Crippen molar-refractivity contribution in [1.29, 1.82) is 0 Å². The van der Waals surface area contributed by atoms with E-state index in [0.717, 1.165) is 10.5 Å². The zero-order valence-electron chi connectivity index (χ0n) is 7.31. The highest BCUT2D eigenvalue weighted by atomic mass is 32.1. The average molecular weight is 217 g/mol. The topological polar surface area (TPSA) is 12.9 Å². The van der Waals surface area contributed by atoms with Crippen LogP contribution in [0.2, 0.25) is 0 Å². The van der Waals surface area contributed by atoms with E-state index in [-0.39, 0.29) is 0 Å². The Morgan fingerprint density at radius 3 is 2.79 bits per heavy atom. The SMILES string of the molecule is c1ccc2sc(-c3ccsc3)nc2c1. The maximum atomic E-state index is 4.58. The van der Waals surface area contributed by atoms with Gasteiger partial charge in [-0.2, -0.15) is 11.3 Å². The van der Waals surface area contributed by atoms with E-state index < -0.39 is 0 Å². The fourth-order valence-electron chi connectivity index (χ4n) is 1.38. The first kappa shape index (κ1) is 8.15. The van der Waals surface area contributed by atoms with Crippen LogP contribution >= 0.6 is 22.7 Å². The van der Waals surface area contributed by atoms with Crippen molar-refractivity contribution in [2.45, 2.75) is 0 Å². The number of hydrogen-bond acceptors (Lipinski definition) is 3. The highest BCUT2D eigenvalue weighted by Gasteiger charge is 2.04. The molecule has 0 bridgehead atoms. The first-order chi connectivity index (χ1) is 6.93. The van der Waals surface area contributed by atoms with Gasteiger partial charge in [-0.25, -0.2) is 4.98 Å². The molecule has 0 aliphatic heterocycles. The molecule has 0 N–H and O–H groups in total. The lowest BCUT2D eigenvalue weighted by atomic mass is 10.3. The number of para-hydroxylation sites is 1. The van der Waals surface area contributed by atoms with Gasteiger partial charge in [0, 0.05) is 10.9 Å². The lowest BCUT2D eigenvalue weighted by Crippen LogP contribution is -1.68. The lowest BCUT2D eigenvalue weighted by molar-refractivity contribution is 1.49. The van der Waals surface area contributed by atoms with Crippen molar-refractivity contribution in [3.8, 4) is 10.6 Å². The molecule has 14 heavy (non-hydrogen) atoms. The molecular formula is C11H7NS2. The minimum Gasteiger partial charge on any atom is -0.236 e. The molecule has 0 saturated carbocycles. The van der Waals surface area contributed by atoms with Gasteiger partial charge in [-0.1, -0.05) is 12.1 Å². The third kappa shape index (κ3) is 1.25. The summed E-state index contributed by atoms with van der Waals surface area (Å²) in [6.07, 6.45) is 0. The zero-order chi connectivity index (χ0) is 9.38. The highest BCUT2D eigenvalue weighted by molar-refractivity contribution is 7.22. The van der Waals surface area contributed by atoms with Gasteiger partial charge in [-0.15, -0.1) is 11.3 Å². The average Bonchev–Trinajstić information content (AvgIpc) is 2.86. The molecule has 3 aromatic rings. The first-order valence-electron chi connectivity index (χ1n) is 4.31. The van der Waals surface area contributed by atoms with Gasteiger partial charge in [0.1, 0.15) is 5.01 Å². The minimum atomic E-state index is 1.10. The molecule has 1 aromatic carbocycles. The highest BCUT2D eigenvalue weighted by Crippen LogP contribution is 2.30. The molecule has 0 aliphatic carbocycles. The number of benzene rings is 1. The van der Waals surface area contributed by atoms with Crippen LogP contribution in [-0.4, -0.2) is 4.98 Å². The van der Waals surface area contributed by atoms with Gasteiger partial charge in [-0.05, 0) is 23.6 Å². The zero-order valence-corrected chi connectivity index (χ0v) is 8.94. The van der Waals surface area contributed by atoms with E-state index in [4.69, 9.17) is 0 Å². The summed E-state index contributed by atoms with van der Waals surface area (Å²) in [6.45, 7) is 0. The maximum Gasteiger partial charge on any atom is 0.125 e. The fraction of sp³-hybridized carbons (Fsp3) is 0. The monoisotopic (exact) mass is 217 g/mol. The molecule has 3 heteroatoms. The minimum absolute atomic E-state index is 1.10. The standard InChI is InChI=1S/C11H7NS2/c1-2-4-10-9(3-1)12-11(14-10)8-5-6-13-7-8/h1-7H. The summed E-state index contributed by atoms with van der Waals surface area (Å²) in [5.41, 5.74) is 2.33. The van der Waals surface area contributed by atoms with E-state index in [1.807, 2.05) is 6.07 Å². The van der Waals surface area contributed by atoms with Crippen LogP contribution in [0.3, 0.4) is 0 Å². The van der Waals surface area contributed by atoms with Crippen LogP contribution < -0.4 is 0 Å². The summed E-state index contributed by atoms with van der Waals surface area (Å²) in [5.74, 6) is 0. The smallest absolute Gasteiger partial charge is 0.125 e. The van der Waals surface area contributed by atoms with Crippen LogP contribution in [0.5, 0.6) is 0 Å². The number of nitrogens with zero attached hydrogens (tertiary/aromatic N) is 1. The van der Waals surface area contributed by atoms with Crippen LogP contribution in [-0.2, 0) is 0 Å². The lowest BCUT2D eigenvalue weighted by Gasteiger charge is -1.84. The summed E-state index contributed by atoms with van der Waals surface area (Å²) in [5, 5.41) is 5.34. The van der Waals surface area contributed by atoms with Crippen LogP contribution in [0.25, 0.3) is 20.8 Å². The van der Waals surface area contributed by atoms with Gasteiger partial charge < -0.3 is 0 Å². The van der Waals surface area contributed by atoms with Crippen molar-refractivity contribution in [3.63, 3.8) is 0 Å². The normalized spacial score (nSPS) is 10.9. The van der Waals surface area contributed by atoms with E-state index in [0.29, 0.717) is 0 Å². The molecule has 0 amide bonds. The first-order valence-corrected chi connectivity index (χ1v) is 6.07. The summed E-state index contributed by atoms with van der Waals surface area (Å²) in [7, 11) is 0. The Hall–Kier alpha value is -1.19. The molecule has 0 fully saturated rings. The third-order valence-corrected chi connectivity index (χ3v) is 3.83. The summed E-state index contributed by atoms with van der Waals surface area (Å²) in [6, 6.07) is 10.4. The Morgan fingerprint density at radius 1 is 1.07 bits per heavy atom. The van der Waals surface area contributed by atoms with Crippen molar-refractivity contribution in [2.24, 2.45) is 0 Å². The van der Waals surface area contributed by atoms with Gasteiger partial charge in [0.15, 0.2) is 0 Å². The predicted octanol–water partition coefficient (Wildman–Crippen LogP) is 4.02. The Morgan fingerprint density at radius 2 is 2.00 bits per heavy atom. The molecule has 0 atom stereocenters.